The Labute approximate surface area is 180 Å². The molecule has 7 nitrogen and oxygen atoms in total. The van der Waals surface area contributed by atoms with E-state index in [2.05, 4.69) is 29.6 Å². The summed E-state index contributed by atoms with van der Waals surface area (Å²) in [6, 6.07) is 15.7. The number of amides is 2. The quantitative estimate of drug-likeness (QED) is 0.796. The SMILES string of the molecule is O=C1CN(C(=O)OCC2c3ccccc3-c3ccccc32)C2CCC(C(=O)O)CC2N1. The smallest absolute Gasteiger partial charge is 0.410 e. The number of aliphatic carboxylic acids is 1. The minimum absolute atomic E-state index is 0.0477. The van der Waals surface area contributed by atoms with Crippen LogP contribution in [-0.4, -0.2) is 53.2 Å². The highest BCUT2D eigenvalue weighted by Crippen LogP contribution is 2.44. The standard InChI is InChI=1S/C24H24N2O5/c27-22-12-26(21-10-9-14(23(28)29)11-20(21)25-22)24(30)31-13-19-17-7-3-1-5-15(17)16-6-2-4-8-18(16)19/h1-8,14,19-21H,9-13H2,(H,25,27)(H,28,29). The first-order chi connectivity index (χ1) is 15.0. The second-order valence-electron chi connectivity index (χ2n) is 8.52. The molecule has 2 aliphatic carbocycles. The molecule has 1 aliphatic heterocycles. The lowest BCUT2D eigenvalue weighted by Gasteiger charge is -2.44. The third-order valence-corrected chi connectivity index (χ3v) is 6.79. The Kier molecular flexibility index (Phi) is 4.88. The zero-order valence-electron chi connectivity index (χ0n) is 17.0. The van der Waals surface area contributed by atoms with E-state index in [-0.39, 0.29) is 37.1 Å². The van der Waals surface area contributed by atoms with E-state index >= 15 is 0 Å². The predicted molar refractivity (Wildman–Crippen MR) is 112 cm³/mol. The van der Waals surface area contributed by atoms with Gasteiger partial charge in [0, 0.05) is 5.92 Å². The Morgan fingerprint density at radius 1 is 1.03 bits per heavy atom. The molecule has 2 fully saturated rings. The highest BCUT2D eigenvalue weighted by atomic mass is 16.6. The lowest BCUT2D eigenvalue weighted by molar-refractivity contribution is -0.145. The molecule has 7 heteroatoms. The van der Waals surface area contributed by atoms with Gasteiger partial charge in [0.1, 0.15) is 13.2 Å². The van der Waals surface area contributed by atoms with Gasteiger partial charge >= 0.3 is 12.1 Å². The van der Waals surface area contributed by atoms with Gasteiger partial charge in [-0.2, -0.15) is 0 Å². The number of carboxylic acids is 1. The number of rotatable bonds is 3. The maximum atomic E-state index is 13.0. The molecule has 160 valence electrons. The Balaban J connectivity index is 1.32. The summed E-state index contributed by atoms with van der Waals surface area (Å²) in [7, 11) is 0. The molecule has 3 unspecified atom stereocenters. The summed E-state index contributed by atoms with van der Waals surface area (Å²) in [6.45, 7) is 0.135. The molecule has 2 N–H and O–H groups in total. The van der Waals surface area contributed by atoms with Crippen molar-refractivity contribution in [3.05, 3.63) is 59.7 Å². The molecule has 0 bridgehead atoms. The van der Waals surface area contributed by atoms with Gasteiger partial charge in [0.2, 0.25) is 5.91 Å². The number of nitrogens with zero attached hydrogens (tertiary/aromatic N) is 1. The molecule has 5 rings (SSSR count). The second kappa shape index (κ2) is 7.72. The largest absolute Gasteiger partial charge is 0.481 e. The van der Waals surface area contributed by atoms with Crippen LogP contribution in [0.25, 0.3) is 11.1 Å². The van der Waals surface area contributed by atoms with Gasteiger partial charge in [0.25, 0.3) is 0 Å². The molecule has 1 heterocycles. The van der Waals surface area contributed by atoms with Gasteiger partial charge in [-0.05, 0) is 41.5 Å². The number of carbonyl (C=O) groups excluding carboxylic acids is 2. The topological polar surface area (TPSA) is 95.9 Å². The molecule has 0 radical (unpaired) electrons. The molecule has 0 spiro atoms. The van der Waals surface area contributed by atoms with Gasteiger partial charge in [0.05, 0.1) is 18.0 Å². The Morgan fingerprint density at radius 3 is 2.32 bits per heavy atom. The average Bonchev–Trinajstić information content (AvgIpc) is 3.10. The number of carbonyl (C=O) groups is 3. The summed E-state index contributed by atoms with van der Waals surface area (Å²) in [5.74, 6) is -1.68. The molecule has 2 aromatic carbocycles. The summed E-state index contributed by atoms with van der Waals surface area (Å²) in [6.07, 6.45) is 0.838. The molecule has 2 aromatic rings. The van der Waals surface area contributed by atoms with Gasteiger partial charge in [-0.15, -0.1) is 0 Å². The van der Waals surface area contributed by atoms with Crippen molar-refractivity contribution < 1.29 is 24.2 Å². The molecule has 0 aromatic heterocycles. The van der Waals surface area contributed by atoms with Gasteiger partial charge in [-0.1, -0.05) is 48.5 Å². The number of nitrogens with one attached hydrogen (secondary N) is 1. The number of piperazine rings is 1. The van der Waals surface area contributed by atoms with Crippen LogP contribution in [0.4, 0.5) is 4.79 Å². The molecule has 2 amide bonds. The number of hydrogen-bond acceptors (Lipinski definition) is 4. The van der Waals surface area contributed by atoms with Crippen molar-refractivity contribution in [3.63, 3.8) is 0 Å². The van der Waals surface area contributed by atoms with E-state index in [0.29, 0.717) is 19.3 Å². The van der Waals surface area contributed by atoms with E-state index in [1.807, 2.05) is 24.3 Å². The predicted octanol–water partition coefficient (Wildman–Crippen LogP) is 2.99. The first-order valence-electron chi connectivity index (χ1n) is 10.7. The maximum absolute atomic E-state index is 13.0. The van der Waals surface area contributed by atoms with Crippen molar-refractivity contribution in [1.29, 1.82) is 0 Å². The van der Waals surface area contributed by atoms with Crippen LogP contribution in [0.5, 0.6) is 0 Å². The van der Waals surface area contributed by atoms with E-state index in [1.165, 1.54) is 4.90 Å². The Morgan fingerprint density at radius 2 is 1.68 bits per heavy atom. The van der Waals surface area contributed by atoms with Crippen LogP contribution in [0.2, 0.25) is 0 Å². The van der Waals surface area contributed by atoms with Crippen LogP contribution >= 0.6 is 0 Å². The fourth-order valence-electron chi connectivity index (χ4n) is 5.31. The summed E-state index contributed by atoms with van der Waals surface area (Å²) >= 11 is 0. The molecular weight excluding hydrogens is 396 g/mol. The summed E-state index contributed by atoms with van der Waals surface area (Å²) in [5, 5.41) is 12.2. The Hall–Kier alpha value is -3.35. The number of benzene rings is 2. The van der Waals surface area contributed by atoms with Crippen LogP contribution in [0.15, 0.2) is 48.5 Å². The third kappa shape index (κ3) is 3.44. The monoisotopic (exact) mass is 420 g/mol. The Bertz CT molecular complexity index is 1010. The van der Waals surface area contributed by atoms with Crippen molar-refractivity contribution in [2.24, 2.45) is 5.92 Å². The van der Waals surface area contributed by atoms with Crippen molar-refractivity contribution in [2.45, 2.75) is 37.3 Å². The molecule has 1 saturated heterocycles. The van der Waals surface area contributed by atoms with E-state index in [1.54, 1.807) is 0 Å². The van der Waals surface area contributed by atoms with E-state index in [0.717, 1.165) is 22.3 Å². The fourth-order valence-corrected chi connectivity index (χ4v) is 5.31. The highest BCUT2D eigenvalue weighted by molar-refractivity contribution is 5.85. The first-order valence-corrected chi connectivity index (χ1v) is 10.7. The zero-order valence-corrected chi connectivity index (χ0v) is 17.0. The lowest BCUT2D eigenvalue weighted by Crippen LogP contribution is -2.64. The normalized spacial score (nSPS) is 24.6. The summed E-state index contributed by atoms with van der Waals surface area (Å²) < 4.78 is 5.74. The fraction of sp³-hybridized carbons (Fsp3) is 0.375. The summed E-state index contributed by atoms with van der Waals surface area (Å²) in [5.41, 5.74) is 4.58. The van der Waals surface area contributed by atoms with Gasteiger partial charge in [-0.3, -0.25) is 14.5 Å². The zero-order chi connectivity index (χ0) is 21.5. The van der Waals surface area contributed by atoms with Crippen molar-refractivity contribution in [3.8, 4) is 11.1 Å². The van der Waals surface area contributed by atoms with E-state index in [4.69, 9.17) is 4.74 Å². The molecule has 3 aliphatic rings. The summed E-state index contributed by atoms with van der Waals surface area (Å²) in [4.78, 5) is 38.0. The minimum Gasteiger partial charge on any atom is -0.481 e. The first kappa shape index (κ1) is 19.6. The van der Waals surface area contributed by atoms with Crippen molar-refractivity contribution in [2.75, 3.05) is 13.2 Å². The van der Waals surface area contributed by atoms with Crippen LogP contribution in [0.3, 0.4) is 0 Å². The van der Waals surface area contributed by atoms with Crippen LogP contribution in [0.1, 0.15) is 36.3 Å². The average molecular weight is 420 g/mol. The molecule has 1 saturated carbocycles. The second-order valence-corrected chi connectivity index (χ2v) is 8.52. The van der Waals surface area contributed by atoms with Gasteiger partial charge in [0.15, 0.2) is 0 Å². The highest BCUT2D eigenvalue weighted by Gasteiger charge is 2.44. The van der Waals surface area contributed by atoms with Crippen LogP contribution in [-0.2, 0) is 14.3 Å². The van der Waals surface area contributed by atoms with Gasteiger partial charge in [-0.25, -0.2) is 4.79 Å². The van der Waals surface area contributed by atoms with Crippen LogP contribution < -0.4 is 5.32 Å². The van der Waals surface area contributed by atoms with Crippen molar-refractivity contribution in [1.82, 2.24) is 10.2 Å². The molecular formula is C24H24N2O5. The number of ether oxygens (including phenoxy) is 1. The minimum atomic E-state index is -0.856. The maximum Gasteiger partial charge on any atom is 0.410 e. The van der Waals surface area contributed by atoms with E-state index in [9.17, 15) is 19.5 Å². The molecule has 3 atom stereocenters. The van der Waals surface area contributed by atoms with Crippen LogP contribution in [0, 0.1) is 5.92 Å². The lowest BCUT2D eigenvalue weighted by atomic mass is 9.80. The van der Waals surface area contributed by atoms with Crippen molar-refractivity contribution >= 4 is 18.0 Å². The number of fused-ring (bicyclic) bond motifs is 4. The number of hydrogen-bond donors (Lipinski definition) is 2. The third-order valence-electron chi connectivity index (χ3n) is 6.79. The van der Waals surface area contributed by atoms with E-state index < -0.39 is 18.0 Å². The van der Waals surface area contributed by atoms with Gasteiger partial charge < -0.3 is 15.2 Å². The molecule has 31 heavy (non-hydrogen) atoms. The number of carboxylic acid groups (broad SMARTS) is 1.